The number of carbonyl (C=O) groups excluding carboxylic acids is 1. The molecule has 4 nitrogen and oxygen atoms in total. The van der Waals surface area contributed by atoms with E-state index in [0.717, 1.165) is 24.8 Å². The minimum Gasteiger partial charge on any atom is -0.424 e. The number of halogens is 17. The molecule has 0 bridgehead atoms. The van der Waals surface area contributed by atoms with Crippen molar-refractivity contribution in [3.05, 3.63) is 47.8 Å². The highest BCUT2D eigenvalue weighted by atomic mass is 19.4. The van der Waals surface area contributed by atoms with E-state index in [2.05, 4.69) is 14.7 Å². The predicted molar refractivity (Wildman–Crippen MR) is 131 cm³/mol. The number of rotatable bonds is 17. The van der Waals surface area contributed by atoms with E-state index < -0.39 is 79.5 Å². The minimum absolute atomic E-state index is 0.172. The Bertz CT molecular complexity index is 1360. The van der Waals surface area contributed by atoms with Gasteiger partial charge in [-0.05, 0) is 30.4 Å². The second-order valence-electron chi connectivity index (χ2n) is 10.2. The Kier molecular flexibility index (Phi) is 12.4. The Hall–Kier alpha value is -3.42. The third-order valence-electron chi connectivity index (χ3n) is 6.76. The molecule has 48 heavy (non-hydrogen) atoms. The van der Waals surface area contributed by atoms with Crippen molar-refractivity contribution in [2.45, 2.75) is 99.7 Å². The van der Waals surface area contributed by atoms with Crippen LogP contribution in [0.3, 0.4) is 0 Å². The van der Waals surface area contributed by atoms with Gasteiger partial charge in [0.2, 0.25) is 6.17 Å². The first-order valence-electron chi connectivity index (χ1n) is 13.4. The first kappa shape index (κ1) is 40.8. The van der Waals surface area contributed by atoms with E-state index in [4.69, 9.17) is 0 Å². The maximum Gasteiger partial charge on any atom is 0.385 e. The fourth-order valence-electron chi connectivity index (χ4n) is 3.79. The Morgan fingerprint density at radius 2 is 1.17 bits per heavy atom. The summed E-state index contributed by atoms with van der Waals surface area (Å²) in [5.41, 5.74) is 1.47. The molecule has 3 unspecified atom stereocenters. The summed E-state index contributed by atoms with van der Waals surface area (Å²) in [6.45, 7) is 1.98. The van der Waals surface area contributed by atoms with Gasteiger partial charge in [0.25, 0.3) is 6.43 Å². The summed E-state index contributed by atoms with van der Waals surface area (Å²) in [6.07, 6.45) is -17.1. The summed E-state index contributed by atoms with van der Waals surface area (Å²) in [4.78, 5) is 20.1. The van der Waals surface area contributed by atoms with Crippen LogP contribution in [0, 0.1) is 0 Å². The van der Waals surface area contributed by atoms with Gasteiger partial charge in [0, 0.05) is 24.4 Å². The van der Waals surface area contributed by atoms with Gasteiger partial charge in [-0.15, -0.1) is 0 Å². The molecule has 0 aliphatic rings. The number of ether oxygens (including phenoxy) is 1. The standard InChI is InChI=1S/C27H23F17N2O2/c1-2-3-4-14-11-45-20(46-12-14)15-8-5-13(6-9-15)7-10-16(47)48-21(32)23(35,36)25(39,40)27(43,44)26(41,42)24(37,38)22(33,34)18(29)17(28)19(30)31/h5-6,8-9,11-12,17-19,21H,2-4,7,10H2,1H3. The van der Waals surface area contributed by atoms with Gasteiger partial charge in [0.1, 0.15) is 0 Å². The average molecular weight is 730 g/mol. The number of hydrogen-bond acceptors (Lipinski definition) is 4. The van der Waals surface area contributed by atoms with E-state index in [9.17, 15) is 79.4 Å². The van der Waals surface area contributed by atoms with Crippen molar-refractivity contribution in [3.8, 4) is 11.4 Å². The smallest absolute Gasteiger partial charge is 0.385 e. The molecule has 3 atom stereocenters. The SMILES string of the molecule is CCCCc1cnc(-c2ccc(CCC(=O)OC(F)C(F)(F)C(F)(F)C(F)(F)C(F)(F)C(F)(F)C(F)(F)C(F)C(F)C(F)F)cc2)nc1. The van der Waals surface area contributed by atoms with Gasteiger partial charge in [-0.25, -0.2) is 27.5 Å². The average Bonchev–Trinajstić information content (AvgIpc) is 3.01. The molecule has 272 valence electrons. The molecular formula is C27H23F17N2O2. The summed E-state index contributed by atoms with van der Waals surface area (Å²) < 4.78 is 234. The van der Waals surface area contributed by atoms with Crippen molar-refractivity contribution in [2.24, 2.45) is 0 Å². The van der Waals surface area contributed by atoms with Crippen LogP contribution in [0.2, 0.25) is 0 Å². The third kappa shape index (κ3) is 7.58. The zero-order valence-corrected chi connectivity index (χ0v) is 23.9. The lowest BCUT2D eigenvalue weighted by Crippen LogP contribution is -2.73. The number of nitrogens with zero attached hydrogens (tertiary/aromatic N) is 2. The molecule has 0 aliphatic heterocycles. The molecule has 1 heterocycles. The molecule has 0 saturated heterocycles. The quantitative estimate of drug-likeness (QED) is 0.121. The second kappa shape index (κ2) is 14.6. The van der Waals surface area contributed by atoms with E-state index in [-0.39, 0.29) is 11.4 Å². The Balaban J connectivity index is 2.16. The highest BCUT2D eigenvalue weighted by Gasteiger charge is 2.92. The molecule has 1 aromatic carbocycles. The second-order valence-corrected chi connectivity index (χ2v) is 10.2. The van der Waals surface area contributed by atoms with Crippen LogP contribution in [0.1, 0.15) is 37.3 Å². The van der Waals surface area contributed by atoms with Crippen LogP contribution in [-0.4, -0.2) is 76.6 Å². The summed E-state index contributed by atoms with van der Waals surface area (Å²) in [5.74, 6) is -50.4. The maximum absolute atomic E-state index is 14.0. The van der Waals surface area contributed by atoms with Gasteiger partial charge >= 0.3 is 47.9 Å². The summed E-state index contributed by atoms with van der Waals surface area (Å²) >= 11 is 0. The van der Waals surface area contributed by atoms with Crippen LogP contribution in [0.25, 0.3) is 11.4 Å². The van der Waals surface area contributed by atoms with Gasteiger partial charge in [0.15, 0.2) is 12.0 Å². The number of alkyl halides is 17. The highest BCUT2D eigenvalue weighted by Crippen LogP contribution is 2.61. The normalized spacial score (nSPS) is 15.7. The zero-order valence-electron chi connectivity index (χ0n) is 23.9. The molecule has 0 N–H and O–H groups in total. The van der Waals surface area contributed by atoms with Crippen LogP contribution in [0.15, 0.2) is 36.7 Å². The molecule has 2 rings (SSSR count). The molecule has 21 heteroatoms. The van der Waals surface area contributed by atoms with Crippen molar-refractivity contribution in [1.29, 1.82) is 0 Å². The van der Waals surface area contributed by atoms with Gasteiger partial charge in [-0.2, -0.15) is 57.1 Å². The number of benzene rings is 1. The topological polar surface area (TPSA) is 52.1 Å². The van der Waals surface area contributed by atoms with Crippen LogP contribution in [-0.2, 0) is 22.4 Å². The first-order chi connectivity index (χ1) is 21.8. The Morgan fingerprint density at radius 3 is 1.62 bits per heavy atom. The Labute approximate surface area is 259 Å². The third-order valence-corrected chi connectivity index (χ3v) is 6.76. The van der Waals surface area contributed by atoms with Crippen molar-refractivity contribution < 1.29 is 84.2 Å². The van der Waals surface area contributed by atoms with Gasteiger partial charge in [0.05, 0.1) is 0 Å². The largest absolute Gasteiger partial charge is 0.424 e. The predicted octanol–water partition coefficient (Wildman–Crippen LogP) is 9.01. The van der Waals surface area contributed by atoms with Crippen molar-refractivity contribution in [2.75, 3.05) is 0 Å². The van der Waals surface area contributed by atoms with E-state index >= 15 is 0 Å². The zero-order chi connectivity index (χ0) is 37.1. The monoisotopic (exact) mass is 730 g/mol. The molecule has 1 aromatic heterocycles. The van der Waals surface area contributed by atoms with Crippen LogP contribution < -0.4 is 0 Å². The summed E-state index contributed by atoms with van der Waals surface area (Å²) in [6, 6.07) is 5.42. The minimum atomic E-state index is -8.51. The lowest BCUT2D eigenvalue weighted by molar-refractivity contribution is -0.439. The Morgan fingerprint density at radius 1 is 0.688 bits per heavy atom. The fraction of sp³-hybridized carbons (Fsp3) is 0.593. The molecule has 0 fully saturated rings. The number of unbranched alkanes of at least 4 members (excludes halogenated alkanes) is 1. The van der Waals surface area contributed by atoms with Crippen LogP contribution in [0.4, 0.5) is 74.6 Å². The van der Waals surface area contributed by atoms with Gasteiger partial charge in [-0.1, -0.05) is 37.6 Å². The number of aromatic nitrogens is 2. The summed E-state index contributed by atoms with van der Waals surface area (Å²) in [7, 11) is 0. The highest BCUT2D eigenvalue weighted by molar-refractivity contribution is 5.70. The molecule has 0 spiro atoms. The van der Waals surface area contributed by atoms with Crippen molar-refractivity contribution in [1.82, 2.24) is 9.97 Å². The molecule has 0 aliphatic carbocycles. The fourth-order valence-corrected chi connectivity index (χ4v) is 3.79. The van der Waals surface area contributed by atoms with E-state index in [0.29, 0.717) is 5.56 Å². The number of aryl methyl sites for hydroxylation is 2. The van der Waals surface area contributed by atoms with Crippen LogP contribution >= 0.6 is 0 Å². The molecular weight excluding hydrogens is 707 g/mol. The van der Waals surface area contributed by atoms with Crippen molar-refractivity contribution >= 4 is 5.97 Å². The molecule has 0 saturated carbocycles. The van der Waals surface area contributed by atoms with Gasteiger partial charge in [-0.3, -0.25) is 4.79 Å². The molecule has 2 aromatic rings. The summed E-state index contributed by atoms with van der Waals surface area (Å²) in [5, 5.41) is 0. The first-order valence-corrected chi connectivity index (χ1v) is 13.4. The van der Waals surface area contributed by atoms with E-state index in [1.807, 2.05) is 6.92 Å². The molecule has 0 radical (unpaired) electrons. The lowest BCUT2D eigenvalue weighted by Gasteiger charge is -2.42. The number of carbonyl (C=O) groups is 1. The van der Waals surface area contributed by atoms with E-state index in [1.165, 1.54) is 24.3 Å². The van der Waals surface area contributed by atoms with Crippen molar-refractivity contribution in [3.63, 3.8) is 0 Å². The van der Waals surface area contributed by atoms with E-state index in [1.54, 1.807) is 12.4 Å². The van der Waals surface area contributed by atoms with Crippen LogP contribution in [0.5, 0.6) is 0 Å². The number of esters is 1. The number of hydrogen-bond donors (Lipinski definition) is 0. The molecule has 0 amide bonds. The maximum atomic E-state index is 14.0. The lowest BCUT2D eigenvalue weighted by atomic mass is 9.89. The van der Waals surface area contributed by atoms with Gasteiger partial charge < -0.3 is 4.74 Å².